The van der Waals surface area contributed by atoms with Gasteiger partial charge in [-0.3, -0.25) is 19.7 Å². The molecule has 0 unspecified atom stereocenters. The molecule has 3 aromatic rings. The van der Waals surface area contributed by atoms with Gasteiger partial charge in [0.15, 0.2) is 0 Å². The van der Waals surface area contributed by atoms with E-state index in [1.165, 1.54) is 7.11 Å². The van der Waals surface area contributed by atoms with Crippen molar-refractivity contribution in [2.45, 2.75) is 12.8 Å². The zero-order valence-corrected chi connectivity index (χ0v) is 16.4. The lowest BCUT2D eigenvalue weighted by atomic mass is 9.82. The first kappa shape index (κ1) is 19.6. The van der Waals surface area contributed by atoms with Crippen molar-refractivity contribution >= 4 is 22.7 Å². The highest BCUT2D eigenvalue weighted by molar-refractivity contribution is 5.94. The lowest BCUT2D eigenvalue weighted by Gasteiger charge is -2.28. The summed E-state index contributed by atoms with van der Waals surface area (Å²) >= 11 is 0. The van der Waals surface area contributed by atoms with Crippen LogP contribution in [-0.4, -0.2) is 41.2 Å². The van der Waals surface area contributed by atoms with Gasteiger partial charge in [0, 0.05) is 24.4 Å². The minimum atomic E-state index is -0.735. The zero-order chi connectivity index (χ0) is 21.3. The molecule has 154 valence electrons. The first-order valence-electron chi connectivity index (χ1n) is 9.34. The largest absolute Gasteiger partial charge is 0.460 e. The van der Waals surface area contributed by atoms with Crippen molar-refractivity contribution in [3.63, 3.8) is 0 Å². The number of hydrogen-bond donors (Lipinski definition) is 3. The van der Waals surface area contributed by atoms with Crippen LogP contribution in [0, 0.1) is 0 Å². The maximum atomic E-state index is 12.9. The van der Waals surface area contributed by atoms with Crippen LogP contribution >= 0.6 is 0 Å². The monoisotopic (exact) mass is 408 g/mol. The van der Waals surface area contributed by atoms with E-state index in [2.05, 4.69) is 20.3 Å². The normalized spacial score (nSPS) is 15.6. The van der Waals surface area contributed by atoms with Gasteiger partial charge in [-0.05, 0) is 30.7 Å². The smallest absolute Gasteiger partial charge is 0.336 e. The fourth-order valence-electron chi connectivity index (χ4n) is 3.66. The molecule has 0 spiro atoms. The van der Waals surface area contributed by atoms with Crippen molar-refractivity contribution < 1.29 is 14.3 Å². The van der Waals surface area contributed by atoms with Crippen LogP contribution in [0.5, 0.6) is 0 Å². The minimum Gasteiger partial charge on any atom is -0.460 e. The summed E-state index contributed by atoms with van der Waals surface area (Å²) in [6.45, 7) is 2.03. The molecule has 0 aliphatic carbocycles. The molecule has 2 aromatic heterocycles. The van der Waals surface area contributed by atoms with Gasteiger partial charge in [0.25, 0.3) is 5.56 Å². The molecule has 0 amide bonds. The van der Waals surface area contributed by atoms with E-state index in [1.807, 2.05) is 30.3 Å². The van der Waals surface area contributed by atoms with Gasteiger partial charge < -0.3 is 14.8 Å². The van der Waals surface area contributed by atoms with Crippen molar-refractivity contribution in [1.29, 1.82) is 0 Å². The fourth-order valence-corrected chi connectivity index (χ4v) is 3.66. The SMILES string of the molecule is COCCOC(=O)C1=C(C)Nc2[nH]c(=O)[nH]c(=O)c2[C@H]1c1ccc2ncccc2c1. The molecule has 9 nitrogen and oxygen atoms in total. The van der Waals surface area contributed by atoms with Gasteiger partial charge >= 0.3 is 11.7 Å². The summed E-state index contributed by atoms with van der Waals surface area (Å²) in [5.41, 5.74) is 1.30. The topological polar surface area (TPSA) is 126 Å². The average molecular weight is 408 g/mol. The summed E-state index contributed by atoms with van der Waals surface area (Å²) in [6.07, 6.45) is 1.69. The van der Waals surface area contributed by atoms with E-state index in [-0.39, 0.29) is 24.6 Å². The molecule has 9 heteroatoms. The standard InChI is InChI=1S/C21H20N4O5/c1-11-15(20(27)30-9-8-29-2)16(17-18(23-11)24-21(28)25-19(17)26)13-5-6-14-12(10-13)4-3-7-22-14/h3-7,10,16H,8-9H2,1-2H3,(H3,23,24,25,26,28)/t16-/m0/s1. The van der Waals surface area contributed by atoms with Crippen LogP contribution in [0.15, 0.2) is 57.4 Å². The van der Waals surface area contributed by atoms with Gasteiger partial charge in [0.2, 0.25) is 0 Å². The number of aromatic nitrogens is 3. The predicted octanol–water partition coefficient (Wildman–Crippen LogP) is 1.63. The highest BCUT2D eigenvalue weighted by Crippen LogP contribution is 2.39. The maximum absolute atomic E-state index is 12.9. The molecule has 1 aliphatic rings. The third kappa shape index (κ3) is 3.50. The number of carbonyl (C=O) groups is 1. The number of aromatic amines is 2. The zero-order valence-electron chi connectivity index (χ0n) is 16.4. The van der Waals surface area contributed by atoms with Crippen LogP contribution in [0.4, 0.5) is 5.82 Å². The summed E-state index contributed by atoms with van der Waals surface area (Å²) in [4.78, 5) is 46.7. The molecule has 1 aromatic carbocycles. The van der Waals surface area contributed by atoms with E-state index >= 15 is 0 Å². The molecule has 30 heavy (non-hydrogen) atoms. The van der Waals surface area contributed by atoms with Gasteiger partial charge in [-0.1, -0.05) is 12.1 Å². The number of methoxy groups -OCH3 is 1. The van der Waals surface area contributed by atoms with Gasteiger partial charge in [-0.2, -0.15) is 0 Å². The van der Waals surface area contributed by atoms with Gasteiger partial charge in [-0.15, -0.1) is 0 Å². The Morgan fingerprint density at radius 3 is 2.80 bits per heavy atom. The molecule has 0 fully saturated rings. The van der Waals surface area contributed by atoms with Crippen LogP contribution in [0.25, 0.3) is 10.9 Å². The van der Waals surface area contributed by atoms with E-state index in [0.717, 1.165) is 10.9 Å². The number of hydrogen-bond acceptors (Lipinski definition) is 7. The molecular weight excluding hydrogens is 388 g/mol. The number of ether oxygens (including phenoxy) is 2. The van der Waals surface area contributed by atoms with Crippen LogP contribution in [0.3, 0.4) is 0 Å². The van der Waals surface area contributed by atoms with Crippen LogP contribution < -0.4 is 16.6 Å². The molecule has 4 rings (SSSR count). The highest BCUT2D eigenvalue weighted by atomic mass is 16.6. The molecule has 0 saturated heterocycles. The van der Waals surface area contributed by atoms with Gasteiger partial charge in [0.1, 0.15) is 12.4 Å². The van der Waals surface area contributed by atoms with Crippen molar-refractivity contribution in [3.8, 4) is 0 Å². The molecule has 1 aliphatic heterocycles. The number of H-pyrrole nitrogens is 2. The second kappa shape index (κ2) is 7.96. The van der Waals surface area contributed by atoms with E-state index in [0.29, 0.717) is 16.8 Å². The average Bonchev–Trinajstić information content (AvgIpc) is 2.72. The minimum absolute atomic E-state index is 0.0787. The van der Waals surface area contributed by atoms with Crippen LogP contribution in [-0.2, 0) is 14.3 Å². The Bertz CT molecular complexity index is 1270. The van der Waals surface area contributed by atoms with E-state index in [4.69, 9.17) is 9.47 Å². The van der Waals surface area contributed by atoms with Crippen LogP contribution in [0.2, 0.25) is 0 Å². The molecular formula is C21H20N4O5. The van der Waals surface area contributed by atoms with Crippen molar-refractivity contribution in [3.05, 3.63) is 79.8 Å². The number of nitrogens with one attached hydrogen (secondary N) is 3. The molecule has 0 saturated carbocycles. The van der Waals surface area contributed by atoms with Crippen molar-refractivity contribution in [2.75, 3.05) is 25.6 Å². The summed E-state index contributed by atoms with van der Waals surface area (Å²) < 4.78 is 10.3. The third-order valence-electron chi connectivity index (χ3n) is 4.97. The molecule has 1 atom stereocenters. The second-order valence-corrected chi connectivity index (χ2v) is 6.88. The Kier molecular flexibility index (Phi) is 5.20. The van der Waals surface area contributed by atoms with E-state index < -0.39 is 23.1 Å². The number of anilines is 1. The molecule has 0 radical (unpaired) electrons. The van der Waals surface area contributed by atoms with Gasteiger partial charge in [-0.25, -0.2) is 9.59 Å². The first-order valence-corrected chi connectivity index (χ1v) is 9.34. The maximum Gasteiger partial charge on any atom is 0.336 e. The Balaban J connectivity index is 1.90. The number of benzene rings is 1. The Morgan fingerprint density at radius 1 is 1.17 bits per heavy atom. The van der Waals surface area contributed by atoms with E-state index in [9.17, 15) is 14.4 Å². The number of carbonyl (C=O) groups excluding carboxylic acids is 1. The number of allylic oxidation sites excluding steroid dienone is 1. The van der Waals surface area contributed by atoms with Crippen molar-refractivity contribution in [1.82, 2.24) is 15.0 Å². The summed E-state index contributed by atoms with van der Waals surface area (Å²) in [5, 5.41) is 3.82. The third-order valence-corrected chi connectivity index (χ3v) is 4.97. The van der Waals surface area contributed by atoms with E-state index in [1.54, 1.807) is 13.1 Å². The molecule has 0 bridgehead atoms. The van der Waals surface area contributed by atoms with Crippen LogP contribution in [0.1, 0.15) is 24.0 Å². The van der Waals surface area contributed by atoms with Crippen molar-refractivity contribution in [2.24, 2.45) is 0 Å². The highest BCUT2D eigenvalue weighted by Gasteiger charge is 2.36. The summed E-state index contributed by atoms with van der Waals surface area (Å²) in [7, 11) is 1.51. The number of fused-ring (bicyclic) bond motifs is 2. The van der Waals surface area contributed by atoms with Gasteiger partial charge in [0.05, 0.1) is 29.2 Å². The number of pyridine rings is 1. The number of esters is 1. The number of nitrogens with zero attached hydrogens (tertiary/aromatic N) is 1. The molecule has 3 N–H and O–H groups in total. The Labute approximate surface area is 170 Å². The number of rotatable bonds is 5. The Hall–Kier alpha value is -3.72. The predicted molar refractivity (Wildman–Crippen MR) is 110 cm³/mol. The molecule has 3 heterocycles. The first-order chi connectivity index (χ1) is 14.5. The lowest BCUT2D eigenvalue weighted by Crippen LogP contribution is -2.35. The summed E-state index contributed by atoms with van der Waals surface area (Å²) in [6, 6.07) is 9.24. The quantitative estimate of drug-likeness (QED) is 0.433. The summed E-state index contributed by atoms with van der Waals surface area (Å²) in [5.74, 6) is -1.04. The fraction of sp³-hybridized carbons (Fsp3) is 0.238. The second-order valence-electron chi connectivity index (χ2n) is 6.88. The lowest BCUT2D eigenvalue weighted by molar-refractivity contribution is -0.140. The Morgan fingerprint density at radius 2 is 2.00 bits per heavy atom.